The van der Waals surface area contributed by atoms with Gasteiger partial charge in [-0.05, 0) is 31.4 Å². The first-order chi connectivity index (χ1) is 10.6. The fourth-order valence-corrected chi connectivity index (χ4v) is 2.91. The summed E-state index contributed by atoms with van der Waals surface area (Å²) in [5.41, 5.74) is 6.54. The van der Waals surface area contributed by atoms with Crippen molar-refractivity contribution in [1.82, 2.24) is 0 Å². The second-order valence-electron chi connectivity index (χ2n) is 5.57. The topological polar surface area (TPSA) is 73.6 Å². The average Bonchev–Trinajstić information content (AvgIpc) is 2.50. The molecule has 0 saturated heterocycles. The van der Waals surface area contributed by atoms with E-state index in [4.69, 9.17) is 26.8 Å². The highest BCUT2D eigenvalue weighted by atomic mass is 35.5. The predicted octanol–water partition coefficient (Wildman–Crippen LogP) is 2.82. The van der Waals surface area contributed by atoms with Crippen LogP contribution in [-0.4, -0.2) is 32.3 Å². The van der Waals surface area contributed by atoms with Gasteiger partial charge in [0.15, 0.2) is 5.75 Å². The summed E-state index contributed by atoms with van der Waals surface area (Å²) in [5.74, 6) is 0.415. The van der Waals surface area contributed by atoms with Crippen LogP contribution in [0.25, 0.3) is 0 Å². The number of nitrogens with two attached hydrogens (primary N) is 1. The van der Waals surface area contributed by atoms with E-state index in [-0.39, 0.29) is 17.9 Å². The van der Waals surface area contributed by atoms with E-state index in [1.54, 1.807) is 25.3 Å². The molecule has 2 rings (SSSR count). The maximum atomic E-state index is 12.4. The van der Waals surface area contributed by atoms with Crippen molar-refractivity contribution in [1.29, 1.82) is 0 Å². The molecule has 0 heterocycles. The number of carbonyl (C=O) groups is 1. The van der Waals surface area contributed by atoms with Crippen LogP contribution in [0, 0.1) is 5.92 Å². The zero-order valence-electron chi connectivity index (χ0n) is 12.8. The van der Waals surface area contributed by atoms with E-state index in [0.29, 0.717) is 29.7 Å². The molecule has 5 nitrogen and oxygen atoms in total. The Hall–Kier alpha value is -1.30. The molecule has 1 aliphatic carbocycles. The summed E-state index contributed by atoms with van der Waals surface area (Å²) < 4.78 is 10.6. The maximum Gasteiger partial charge on any atom is 0.227 e. The minimum Gasteiger partial charge on any atom is -0.487 e. The van der Waals surface area contributed by atoms with E-state index >= 15 is 0 Å². The zero-order chi connectivity index (χ0) is 15.9. The third-order valence-corrected chi connectivity index (χ3v) is 4.14. The molecular formula is C16H23ClN2O3. The molecule has 2 atom stereocenters. The summed E-state index contributed by atoms with van der Waals surface area (Å²) in [5, 5.41) is 3.39. The van der Waals surface area contributed by atoms with Crippen molar-refractivity contribution in [2.24, 2.45) is 11.7 Å². The highest BCUT2D eigenvalue weighted by Gasteiger charge is 2.26. The zero-order valence-corrected chi connectivity index (χ0v) is 13.6. The maximum absolute atomic E-state index is 12.4. The van der Waals surface area contributed by atoms with Gasteiger partial charge in [0, 0.05) is 19.1 Å². The van der Waals surface area contributed by atoms with Crippen molar-refractivity contribution >= 4 is 23.2 Å². The van der Waals surface area contributed by atoms with Gasteiger partial charge >= 0.3 is 0 Å². The van der Waals surface area contributed by atoms with Gasteiger partial charge in [-0.3, -0.25) is 4.79 Å². The van der Waals surface area contributed by atoms with Crippen LogP contribution in [0.15, 0.2) is 18.2 Å². The van der Waals surface area contributed by atoms with Crippen LogP contribution in [0.2, 0.25) is 5.02 Å². The van der Waals surface area contributed by atoms with E-state index < -0.39 is 0 Å². The molecule has 0 radical (unpaired) electrons. The quantitative estimate of drug-likeness (QED) is 0.788. The largest absolute Gasteiger partial charge is 0.487 e. The Labute approximate surface area is 136 Å². The Morgan fingerprint density at radius 1 is 1.41 bits per heavy atom. The molecule has 0 aliphatic heterocycles. The lowest BCUT2D eigenvalue weighted by Gasteiger charge is -2.26. The predicted molar refractivity (Wildman–Crippen MR) is 87.4 cm³/mol. The van der Waals surface area contributed by atoms with Crippen LogP contribution in [0.1, 0.15) is 25.7 Å². The van der Waals surface area contributed by atoms with Crippen molar-refractivity contribution in [3.05, 3.63) is 23.2 Å². The van der Waals surface area contributed by atoms with Crippen LogP contribution in [-0.2, 0) is 9.53 Å². The fourth-order valence-electron chi connectivity index (χ4n) is 2.68. The van der Waals surface area contributed by atoms with Gasteiger partial charge in [0.25, 0.3) is 0 Å². The lowest BCUT2D eigenvalue weighted by atomic mass is 9.85. The second kappa shape index (κ2) is 8.36. The molecule has 1 amide bonds. The first-order valence-electron chi connectivity index (χ1n) is 7.58. The molecule has 0 spiro atoms. The van der Waals surface area contributed by atoms with E-state index in [0.717, 1.165) is 25.7 Å². The Morgan fingerprint density at radius 3 is 2.95 bits per heavy atom. The summed E-state index contributed by atoms with van der Waals surface area (Å²) in [6.07, 6.45) is 3.59. The number of ether oxygens (including phenoxy) is 2. The molecule has 1 aliphatic rings. The summed E-state index contributed by atoms with van der Waals surface area (Å²) in [6.45, 7) is 0.827. The summed E-state index contributed by atoms with van der Waals surface area (Å²) in [7, 11) is 1.60. The van der Waals surface area contributed by atoms with E-state index in [9.17, 15) is 4.79 Å². The molecule has 122 valence electrons. The van der Waals surface area contributed by atoms with Gasteiger partial charge in [0.05, 0.1) is 17.3 Å². The standard InChI is InChI=1S/C16H23ClN2O3/c1-21-8-9-22-15-13(17)6-3-7-14(15)19-16(20)11-4-2-5-12(18)10-11/h3,6-7,11-12H,2,4-5,8-10,18H2,1H3,(H,19,20). The van der Waals surface area contributed by atoms with Crippen LogP contribution in [0.3, 0.4) is 0 Å². The Kier molecular flexibility index (Phi) is 6.49. The van der Waals surface area contributed by atoms with Crippen molar-refractivity contribution in [3.63, 3.8) is 0 Å². The number of anilines is 1. The number of carbonyl (C=O) groups excluding carboxylic acids is 1. The molecule has 1 aromatic rings. The SMILES string of the molecule is COCCOc1c(Cl)cccc1NC(=O)C1CCCC(N)C1. The highest BCUT2D eigenvalue weighted by Crippen LogP contribution is 2.34. The normalized spacial score (nSPS) is 21.4. The average molecular weight is 327 g/mol. The summed E-state index contributed by atoms with van der Waals surface area (Å²) in [6, 6.07) is 5.42. The highest BCUT2D eigenvalue weighted by molar-refractivity contribution is 6.32. The van der Waals surface area contributed by atoms with Gasteiger partial charge < -0.3 is 20.5 Å². The molecule has 0 aromatic heterocycles. The number of hydrogen-bond donors (Lipinski definition) is 2. The smallest absolute Gasteiger partial charge is 0.227 e. The first-order valence-corrected chi connectivity index (χ1v) is 7.96. The second-order valence-corrected chi connectivity index (χ2v) is 5.98. The Balaban J connectivity index is 2.04. The van der Waals surface area contributed by atoms with E-state index in [2.05, 4.69) is 5.32 Å². The van der Waals surface area contributed by atoms with Gasteiger partial charge in [0.2, 0.25) is 5.91 Å². The van der Waals surface area contributed by atoms with Crippen LogP contribution in [0.4, 0.5) is 5.69 Å². The molecule has 0 bridgehead atoms. The minimum atomic E-state index is -0.0467. The summed E-state index contributed by atoms with van der Waals surface area (Å²) in [4.78, 5) is 12.4. The number of benzene rings is 1. The fraction of sp³-hybridized carbons (Fsp3) is 0.562. The number of nitrogens with one attached hydrogen (secondary N) is 1. The van der Waals surface area contributed by atoms with E-state index in [1.807, 2.05) is 0 Å². The summed E-state index contributed by atoms with van der Waals surface area (Å²) >= 11 is 6.16. The van der Waals surface area contributed by atoms with Gasteiger partial charge in [-0.15, -0.1) is 0 Å². The number of amides is 1. The van der Waals surface area contributed by atoms with Gasteiger partial charge in [-0.2, -0.15) is 0 Å². The lowest BCUT2D eigenvalue weighted by Crippen LogP contribution is -2.34. The van der Waals surface area contributed by atoms with Gasteiger partial charge in [-0.1, -0.05) is 24.1 Å². The monoisotopic (exact) mass is 326 g/mol. The number of halogens is 1. The van der Waals surface area contributed by atoms with Crippen LogP contribution < -0.4 is 15.8 Å². The molecule has 22 heavy (non-hydrogen) atoms. The van der Waals surface area contributed by atoms with Gasteiger partial charge in [0.1, 0.15) is 6.61 Å². The molecule has 1 fully saturated rings. The van der Waals surface area contributed by atoms with Crippen molar-refractivity contribution < 1.29 is 14.3 Å². The molecule has 1 saturated carbocycles. The van der Waals surface area contributed by atoms with Gasteiger partial charge in [-0.25, -0.2) is 0 Å². The third-order valence-electron chi connectivity index (χ3n) is 3.84. The third kappa shape index (κ3) is 4.60. The number of rotatable bonds is 6. The molecule has 6 heteroatoms. The van der Waals surface area contributed by atoms with Crippen LogP contribution in [0.5, 0.6) is 5.75 Å². The van der Waals surface area contributed by atoms with Crippen LogP contribution >= 0.6 is 11.6 Å². The number of para-hydroxylation sites is 1. The van der Waals surface area contributed by atoms with Crippen molar-refractivity contribution in [2.75, 3.05) is 25.6 Å². The molecule has 3 N–H and O–H groups in total. The van der Waals surface area contributed by atoms with Crippen molar-refractivity contribution in [3.8, 4) is 5.75 Å². The number of methoxy groups -OCH3 is 1. The molecular weight excluding hydrogens is 304 g/mol. The minimum absolute atomic E-state index is 0.0194. The Bertz CT molecular complexity index is 510. The first kappa shape index (κ1) is 17.1. The van der Waals surface area contributed by atoms with Crippen molar-refractivity contribution in [2.45, 2.75) is 31.7 Å². The van der Waals surface area contributed by atoms with E-state index in [1.165, 1.54) is 0 Å². The molecule has 2 unspecified atom stereocenters. The molecule has 1 aromatic carbocycles. The Morgan fingerprint density at radius 2 is 2.23 bits per heavy atom. The lowest BCUT2D eigenvalue weighted by molar-refractivity contribution is -0.120. The number of hydrogen-bond acceptors (Lipinski definition) is 4.